The van der Waals surface area contributed by atoms with Crippen molar-refractivity contribution in [3.63, 3.8) is 0 Å². The van der Waals surface area contributed by atoms with Gasteiger partial charge in [-0.25, -0.2) is 5.43 Å². The highest BCUT2D eigenvalue weighted by molar-refractivity contribution is 6.22. The van der Waals surface area contributed by atoms with Crippen LogP contribution in [0.4, 0.5) is 0 Å². The molecule has 3 heterocycles. The van der Waals surface area contributed by atoms with Crippen LogP contribution in [0, 0.1) is 0 Å². The van der Waals surface area contributed by atoms with Crippen LogP contribution >= 0.6 is 0 Å². The summed E-state index contributed by atoms with van der Waals surface area (Å²) in [5.41, 5.74) is 15.3. The Kier molecular flexibility index (Phi) is 7.23. The third-order valence-corrected chi connectivity index (χ3v) is 11.1. The van der Waals surface area contributed by atoms with E-state index in [1.165, 1.54) is 54.9 Å². The van der Waals surface area contributed by atoms with E-state index in [1.807, 2.05) is 6.07 Å². The van der Waals surface area contributed by atoms with Gasteiger partial charge in [0, 0.05) is 34.1 Å². The largest absolute Gasteiger partial charge is 0.456 e. The fourth-order valence-electron chi connectivity index (χ4n) is 8.43. The zero-order valence-electron chi connectivity index (χ0n) is 29.5. The van der Waals surface area contributed by atoms with Crippen LogP contribution in [-0.4, -0.2) is 9.58 Å². The van der Waals surface area contributed by atoms with Crippen molar-refractivity contribution in [1.82, 2.24) is 20.3 Å². The molecule has 1 aromatic heterocycles. The van der Waals surface area contributed by atoms with Gasteiger partial charge in [0.15, 0.2) is 0 Å². The SMILES string of the molecule is c1ccc(C(NCc2ccc(-n3c4cc5c(cc4c4c6ccccc6ccc43)Oc3ccccc3-c3ccccc3-5)cc2)N2NC2c2ccccc2)cc1. The van der Waals surface area contributed by atoms with Crippen molar-refractivity contribution >= 4 is 32.6 Å². The molecule has 5 heteroatoms. The van der Waals surface area contributed by atoms with Gasteiger partial charge in [-0.3, -0.25) is 5.32 Å². The van der Waals surface area contributed by atoms with Crippen LogP contribution in [0.3, 0.4) is 0 Å². The summed E-state index contributed by atoms with van der Waals surface area (Å²) in [6, 6.07) is 65.1. The van der Waals surface area contributed by atoms with Crippen LogP contribution in [-0.2, 0) is 6.54 Å². The number of para-hydroxylation sites is 1. The number of rotatable bonds is 7. The van der Waals surface area contributed by atoms with Gasteiger partial charge in [-0.1, -0.05) is 146 Å². The maximum absolute atomic E-state index is 6.79. The molecule has 2 aliphatic heterocycles. The first-order chi connectivity index (χ1) is 26.8. The van der Waals surface area contributed by atoms with Gasteiger partial charge in [0.05, 0.1) is 11.0 Å². The highest BCUT2D eigenvalue weighted by Crippen LogP contribution is 2.49. The molecule has 8 aromatic carbocycles. The zero-order chi connectivity index (χ0) is 35.6. The minimum atomic E-state index is 0.0215. The van der Waals surface area contributed by atoms with Crippen LogP contribution in [0.15, 0.2) is 182 Å². The molecule has 1 saturated heterocycles. The van der Waals surface area contributed by atoms with E-state index in [4.69, 9.17) is 4.74 Å². The van der Waals surface area contributed by atoms with E-state index in [1.54, 1.807) is 0 Å². The molecule has 5 nitrogen and oxygen atoms in total. The van der Waals surface area contributed by atoms with Gasteiger partial charge in [0.1, 0.15) is 23.8 Å². The fraction of sp³-hybridized carbons (Fsp3) is 0.0612. The third-order valence-electron chi connectivity index (χ3n) is 11.1. The number of ether oxygens (including phenoxy) is 1. The molecular formula is C49H36N4O. The van der Waals surface area contributed by atoms with E-state index >= 15 is 0 Å². The van der Waals surface area contributed by atoms with Crippen molar-refractivity contribution in [3.05, 3.63) is 199 Å². The van der Waals surface area contributed by atoms with Gasteiger partial charge in [-0.05, 0) is 75.0 Å². The molecule has 54 heavy (non-hydrogen) atoms. The smallest absolute Gasteiger partial charge is 0.136 e. The molecule has 11 rings (SSSR count). The summed E-state index contributed by atoms with van der Waals surface area (Å²) in [6.45, 7) is 0.722. The first kappa shape index (κ1) is 31.1. The van der Waals surface area contributed by atoms with Crippen LogP contribution in [0.2, 0.25) is 0 Å². The van der Waals surface area contributed by atoms with Crippen LogP contribution in [0.5, 0.6) is 11.5 Å². The molecule has 9 aromatic rings. The molecule has 0 saturated carbocycles. The lowest BCUT2D eigenvalue weighted by Gasteiger charge is -2.20. The first-order valence-corrected chi connectivity index (χ1v) is 18.6. The highest BCUT2D eigenvalue weighted by atomic mass is 16.5. The average Bonchev–Trinajstić information content (AvgIpc) is 3.98. The number of benzene rings is 8. The number of hydrazine groups is 1. The quantitative estimate of drug-likeness (QED) is 0.163. The average molecular weight is 697 g/mol. The lowest BCUT2D eigenvalue weighted by molar-refractivity contribution is 0.296. The second-order valence-electron chi connectivity index (χ2n) is 14.2. The van der Waals surface area contributed by atoms with Gasteiger partial charge in [-0.2, -0.15) is 5.01 Å². The zero-order valence-corrected chi connectivity index (χ0v) is 29.5. The molecule has 258 valence electrons. The van der Waals surface area contributed by atoms with Crippen molar-refractivity contribution in [2.75, 3.05) is 0 Å². The van der Waals surface area contributed by atoms with E-state index in [0.29, 0.717) is 0 Å². The molecular weight excluding hydrogens is 661 g/mol. The van der Waals surface area contributed by atoms with E-state index in [0.717, 1.165) is 40.4 Å². The molecule has 0 bridgehead atoms. The summed E-state index contributed by atoms with van der Waals surface area (Å²) in [6.07, 6.45) is 0.201. The predicted molar refractivity (Wildman–Crippen MR) is 219 cm³/mol. The number of nitrogens with zero attached hydrogens (tertiary/aromatic N) is 2. The predicted octanol–water partition coefficient (Wildman–Crippen LogP) is 11.7. The van der Waals surface area contributed by atoms with Crippen molar-refractivity contribution in [2.45, 2.75) is 18.9 Å². The lowest BCUT2D eigenvalue weighted by atomic mass is 9.94. The van der Waals surface area contributed by atoms with E-state index < -0.39 is 0 Å². The van der Waals surface area contributed by atoms with Crippen LogP contribution in [0.1, 0.15) is 29.0 Å². The molecule has 0 spiro atoms. The monoisotopic (exact) mass is 696 g/mol. The molecule has 0 amide bonds. The molecule has 0 aliphatic carbocycles. The van der Waals surface area contributed by atoms with Crippen LogP contribution in [0.25, 0.3) is 60.5 Å². The second kappa shape index (κ2) is 12.6. The molecule has 0 radical (unpaired) electrons. The molecule has 3 unspecified atom stereocenters. The fourth-order valence-corrected chi connectivity index (χ4v) is 8.43. The normalized spacial score (nSPS) is 16.3. The Hall–Kier alpha value is -6.50. The molecule has 2 aliphatic rings. The number of fused-ring (bicyclic) bond motifs is 10. The molecule has 3 atom stereocenters. The maximum atomic E-state index is 6.79. The second-order valence-corrected chi connectivity index (χ2v) is 14.2. The summed E-state index contributed by atoms with van der Waals surface area (Å²) in [5.74, 6) is 1.75. The van der Waals surface area contributed by atoms with Crippen molar-refractivity contribution in [3.8, 4) is 39.4 Å². The van der Waals surface area contributed by atoms with Gasteiger partial charge in [0.2, 0.25) is 0 Å². The molecule has 2 N–H and O–H groups in total. The summed E-state index contributed by atoms with van der Waals surface area (Å²) in [7, 11) is 0. The maximum Gasteiger partial charge on any atom is 0.136 e. The Morgan fingerprint density at radius 3 is 2.06 bits per heavy atom. The van der Waals surface area contributed by atoms with Gasteiger partial charge >= 0.3 is 0 Å². The van der Waals surface area contributed by atoms with Gasteiger partial charge in [0.25, 0.3) is 0 Å². The third kappa shape index (κ3) is 5.13. The Morgan fingerprint density at radius 2 is 1.24 bits per heavy atom. The highest BCUT2D eigenvalue weighted by Gasteiger charge is 2.41. The summed E-state index contributed by atoms with van der Waals surface area (Å²) >= 11 is 0. The summed E-state index contributed by atoms with van der Waals surface area (Å²) in [4.78, 5) is 0. The number of hydrogen-bond donors (Lipinski definition) is 2. The van der Waals surface area contributed by atoms with E-state index in [9.17, 15) is 0 Å². The lowest BCUT2D eigenvalue weighted by Crippen LogP contribution is -2.28. The van der Waals surface area contributed by atoms with Gasteiger partial charge in [-0.15, -0.1) is 0 Å². The van der Waals surface area contributed by atoms with Crippen molar-refractivity contribution in [2.24, 2.45) is 0 Å². The number of aromatic nitrogens is 1. The van der Waals surface area contributed by atoms with Crippen molar-refractivity contribution in [1.29, 1.82) is 0 Å². The minimum Gasteiger partial charge on any atom is -0.456 e. The van der Waals surface area contributed by atoms with Crippen molar-refractivity contribution < 1.29 is 4.74 Å². The Labute approximate surface area is 313 Å². The van der Waals surface area contributed by atoms with Gasteiger partial charge < -0.3 is 9.30 Å². The number of hydrogen-bond acceptors (Lipinski definition) is 4. The Balaban J connectivity index is 1.00. The topological polar surface area (TPSA) is 51.1 Å². The summed E-state index contributed by atoms with van der Waals surface area (Å²) in [5, 5.41) is 11.0. The standard InChI is InChI=1S/C49H36N4O/c1-3-14-34(15-4-1)48(53-49(51-53)35-16-5-2-6-17-35)50-31-32-23-26-36(27-24-32)52-43-28-25-33-13-7-8-18-37(33)47(43)42-30-46-41(29-44(42)52)39-20-10-9-19-38(39)40-21-11-12-22-45(40)54-46/h1-30,48-51H,31H2. The Morgan fingerprint density at radius 1 is 0.556 bits per heavy atom. The van der Waals surface area contributed by atoms with E-state index in [-0.39, 0.29) is 12.3 Å². The first-order valence-electron chi connectivity index (χ1n) is 18.6. The minimum absolute atomic E-state index is 0.0215. The number of nitrogens with one attached hydrogen (secondary N) is 2. The Bertz CT molecular complexity index is 2850. The molecule has 1 fully saturated rings. The summed E-state index contributed by atoms with van der Waals surface area (Å²) < 4.78 is 9.21. The van der Waals surface area contributed by atoms with E-state index in [2.05, 4.69) is 196 Å². The van der Waals surface area contributed by atoms with Crippen LogP contribution < -0.4 is 15.5 Å².